The molecule has 0 radical (unpaired) electrons. The first-order valence-corrected chi connectivity index (χ1v) is 11.5. The van der Waals surface area contributed by atoms with Crippen LogP contribution in [0.25, 0.3) is 21.9 Å². The predicted molar refractivity (Wildman–Crippen MR) is 138 cm³/mol. The fraction of sp³-hybridized carbons (Fsp3) is 0.267. The number of phenols is 1. The van der Waals surface area contributed by atoms with E-state index in [-0.39, 0.29) is 11.5 Å². The molecule has 0 aliphatic rings. The van der Waals surface area contributed by atoms with E-state index in [1.54, 1.807) is 0 Å². The zero-order valence-corrected chi connectivity index (χ0v) is 19.7. The van der Waals surface area contributed by atoms with Crippen LogP contribution in [0.1, 0.15) is 57.4 Å². The lowest BCUT2D eigenvalue weighted by molar-refractivity contribution is 0.448. The molecule has 4 aromatic carbocycles. The average molecular weight is 424 g/mol. The highest BCUT2D eigenvalue weighted by atomic mass is 16.3. The van der Waals surface area contributed by atoms with Crippen LogP contribution in [0, 0.1) is 0 Å². The number of benzene rings is 4. The van der Waals surface area contributed by atoms with E-state index in [9.17, 15) is 5.11 Å². The van der Waals surface area contributed by atoms with Gasteiger partial charge in [0.1, 0.15) is 5.75 Å². The maximum Gasteiger partial charge on any atom is 0.127 e. The fourth-order valence-corrected chi connectivity index (χ4v) is 4.40. The van der Waals surface area contributed by atoms with E-state index in [0.717, 1.165) is 34.2 Å². The number of hydrogen-bond donors (Lipinski definition) is 2. The van der Waals surface area contributed by atoms with Crippen molar-refractivity contribution >= 4 is 16.5 Å². The molecule has 32 heavy (non-hydrogen) atoms. The van der Waals surface area contributed by atoms with E-state index in [2.05, 4.69) is 113 Å². The minimum atomic E-state index is -0.153. The first kappa shape index (κ1) is 22.0. The maximum atomic E-state index is 11.5. The Morgan fingerprint density at radius 3 is 2.25 bits per heavy atom. The number of nitrogens with one attached hydrogen (secondary N) is 1. The van der Waals surface area contributed by atoms with Crippen molar-refractivity contribution in [1.82, 2.24) is 0 Å². The molecule has 0 fully saturated rings. The van der Waals surface area contributed by atoms with Crippen molar-refractivity contribution < 1.29 is 5.11 Å². The van der Waals surface area contributed by atoms with Gasteiger partial charge in [-0.15, -0.1) is 0 Å². The molecule has 2 N–H and O–H groups in total. The molecule has 0 spiro atoms. The van der Waals surface area contributed by atoms with Gasteiger partial charge in [0.25, 0.3) is 0 Å². The van der Waals surface area contributed by atoms with Crippen molar-refractivity contribution in [1.29, 1.82) is 0 Å². The second kappa shape index (κ2) is 8.70. The molecule has 0 bridgehead atoms. The Bertz CT molecular complexity index is 1240. The molecule has 2 nitrogen and oxygen atoms in total. The van der Waals surface area contributed by atoms with E-state index >= 15 is 0 Å². The molecule has 0 saturated carbocycles. The highest BCUT2D eigenvalue weighted by Crippen LogP contribution is 2.45. The second-order valence-corrected chi connectivity index (χ2v) is 9.63. The summed E-state index contributed by atoms with van der Waals surface area (Å²) >= 11 is 0. The van der Waals surface area contributed by atoms with Crippen LogP contribution in [0.3, 0.4) is 0 Å². The number of aromatic hydroxyl groups is 1. The molecule has 0 amide bonds. The topological polar surface area (TPSA) is 32.3 Å². The van der Waals surface area contributed by atoms with E-state index in [0.29, 0.717) is 5.75 Å². The Morgan fingerprint density at radius 2 is 1.56 bits per heavy atom. The van der Waals surface area contributed by atoms with Crippen LogP contribution >= 0.6 is 0 Å². The minimum Gasteiger partial charge on any atom is -0.507 e. The summed E-state index contributed by atoms with van der Waals surface area (Å²) in [6.07, 6.45) is 0.921. The van der Waals surface area contributed by atoms with Crippen LogP contribution in [0.5, 0.6) is 5.75 Å². The molecule has 0 heterocycles. The summed E-state index contributed by atoms with van der Waals surface area (Å²) in [4.78, 5) is 0. The molecule has 2 heteroatoms. The Labute approximate surface area is 191 Å². The summed E-state index contributed by atoms with van der Waals surface area (Å²) < 4.78 is 0. The van der Waals surface area contributed by atoms with E-state index < -0.39 is 0 Å². The van der Waals surface area contributed by atoms with E-state index in [1.165, 1.54) is 16.5 Å². The van der Waals surface area contributed by atoms with E-state index in [1.807, 2.05) is 6.07 Å². The van der Waals surface area contributed by atoms with Crippen molar-refractivity contribution in [2.24, 2.45) is 0 Å². The summed E-state index contributed by atoms with van der Waals surface area (Å²) in [5, 5.41) is 17.5. The van der Waals surface area contributed by atoms with Gasteiger partial charge in [-0.2, -0.15) is 0 Å². The third-order valence-corrected chi connectivity index (χ3v) is 6.26. The molecular formula is C30H33NO. The monoisotopic (exact) mass is 423 g/mol. The molecule has 1 atom stereocenters. The van der Waals surface area contributed by atoms with Crippen molar-refractivity contribution in [3.8, 4) is 16.9 Å². The fourth-order valence-electron chi connectivity index (χ4n) is 4.40. The van der Waals surface area contributed by atoms with Gasteiger partial charge in [0, 0.05) is 28.4 Å². The summed E-state index contributed by atoms with van der Waals surface area (Å²) in [5.74, 6) is 0.376. The van der Waals surface area contributed by atoms with Crippen molar-refractivity contribution in [2.75, 3.05) is 5.32 Å². The van der Waals surface area contributed by atoms with Gasteiger partial charge in [-0.05, 0) is 52.8 Å². The molecule has 0 aromatic heterocycles. The summed E-state index contributed by atoms with van der Waals surface area (Å²) in [5.41, 5.74) is 6.29. The minimum absolute atomic E-state index is 0.134. The van der Waals surface area contributed by atoms with Gasteiger partial charge in [-0.3, -0.25) is 0 Å². The molecule has 1 unspecified atom stereocenters. The Balaban J connectivity index is 1.96. The highest BCUT2D eigenvalue weighted by Gasteiger charge is 2.24. The van der Waals surface area contributed by atoms with Crippen LogP contribution in [0.15, 0.2) is 78.9 Å². The van der Waals surface area contributed by atoms with E-state index in [4.69, 9.17) is 0 Å². The first-order valence-electron chi connectivity index (χ1n) is 11.5. The Kier molecular flexibility index (Phi) is 5.97. The van der Waals surface area contributed by atoms with Crippen LogP contribution < -0.4 is 5.32 Å². The largest absolute Gasteiger partial charge is 0.507 e. The van der Waals surface area contributed by atoms with Gasteiger partial charge >= 0.3 is 0 Å². The summed E-state index contributed by atoms with van der Waals surface area (Å²) in [6.45, 7) is 10.8. The lowest BCUT2D eigenvalue weighted by atomic mass is 9.82. The zero-order chi connectivity index (χ0) is 22.9. The number of hydrogen-bond acceptors (Lipinski definition) is 2. The number of aryl methyl sites for hydroxylation is 1. The quantitative estimate of drug-likeness (QED) is 0.339. The maximum absolute atomic E-state index is 11.5. The van der Waals surface area contributed by atoms with Crippen molar-refractivity contribution in [3.05, 3.63) is 95.6 Å². The summed E-state index contributed by atoms with van der Waals surface area (Å²) in [6, 6.07) is 27.6. The van der Waals surface area contributed by atoms with Gasteiger partial charge in [0.05, 0.1) is 0 Å². The Morgan fingerprint density at radius 1 is 0.875 bits per heavy atom. The van der Waals surface area contributed by atoms with Gasteiger partial charge in [0.15, 0.2) is 0 Å². The van der Waals surface area contributed by atoms with Crippen LogP contribution in [-0.2, 0) is 11.8 Å². The molecule has 164 valence electrons. The number of phenolic OH excluding ortho intramolecular Hbond substituents is 1. The summed E-state index contributed by atoms with van der Waals surface area (Å²) in [7, 11) is 0. The third-order valence-electron chi connectivity index (χ3n) is 6.26. The van der Waals surface area contributed by atoms with Gasteiger partial charge < -0.3 is 10.4 Å². The lowest BCUT2D eigenvalue weighted by Crippen LogP contribution is -2.13. The normalized spacial score (nSPS) is 12.7. The van der Waals surface area contributed by atoms with Crippen LogP contribution in [0.4, 0.5) is 5.69 Å². The molecule has 0 saturated heterocycles. The molecule has 4 rings (SSSR count). The van der Waals surface area contributed by atoms with Crippen LogP contribution in [0.2, 0.25) is 0 Å². The molecule has 0 aliphatic heterocycles. The first-order chi connectivity index (χ1) is 15.3. The zero-order valence-electron chi connectivity index (χ0n) is 19.7. The van der Waals surface area contributed by atoms with Crippen molar-refractivity contribution in [3.63, 3.8) is 0 Å². The Hall–Kier alpha value is -3.26. The number of anilines is 1. The lowest BCUT2D eigenvalue weighted by Gasteiger charge is -2.25. The highest BCUT2D eigenvalue weighted by molar-refractivity contribution is 6.04. The number of rotatable bonds is 5. The molecular weight excluding hydrogens is 390 g/mol. The van der Waals surface area contributed by atoms with Crippen molar-refractivity contribution in [2.45, 2.75) is 52.5 Å². The SMILES string of the molecule is CCc1cc(-c2c(NC(C)c3ccccc3)ccc3ccccc23)c(O)c(C(C)(C)C)c1. The smallest absolute Gasteiger partial charge is 0.127 e. The van der Waals surface area contributed by atoms with Crippen LogP contribution in [-0.4, -0.2) is 5.11 Å². The average Bonchev–Trinajstić information content (AvgIpc) is 2.79. The molecule has 4 aromatic rings. The predicted octanol–water partition coefficient (Wildman–Crippen LogP) is 8.25. The molecule has 0 aliphatic carbocycles. The van der Waals surface area contributed by atoms with Gasteiger partial charge in [0.2, 0.25) is 0 Å². The van der Waals surface area contributed by atoms with Gasteiger partial charge in [-0.25, -0.2) is 0 Å². The van der Waals surface area contributed by atoms with Gasteiger partial charge in [-0.1, -0.05) is 94.4 Å². The number of fused-ring (bicyclic) bond motifs is 1. The second-order valence-electron chi connectivity index (χ2n) is 9.63. The third kappa shape index (κ3) is 4.23. The standard InChI is InChI=1S/C30H33NO/c1-6-21-18-25(29(32)26(19-21)30(3,4)5)28-24-15-11-10-14-23(24)16-17-27(28)31-20(2)22-12-8-7-9-13-22/h7-20,31-32H,6H2,1-5H3.